The van der Waals surface area contributed by atoms with Crippen molar-refractivity contribution in [3.63, 3.8) is 0 Å². The molecular weight excluding hydrogens is 553 g/mol. The molecule has 37 heavy (non-hydrogen) atoms. The summed E-state index contributed by atoms with van der Waals surface area (Å²) in [6.45, 7) is 8.08. The third-order valence-electron chi connectivity index (χ3n) is 5.91. The maximum absolute atomic E-state index is 14.2. The largest absolute Gasteiger partial charge is 0.478 e. The third kappa shape index (κ3) is 5.81. The van der Waals surface area contributed by atoms with Crippen LogP contribution in [-0.2, 0) is 10.0 Å². The van der Waals surface area contributed by atoms with Crippen molar-refractivity contribution in [1.82, 2.24) is 9.88 Å². The molecule has 0 bridgehead atoms. The summed E-state index contributed by atoms with van der Waals surface area (Å²) < 4.78 is 35.6. The second-order valence-electron chi connectivity index (χ2n) is 8.34. The van der Waals surface area contributed by atoms with Gasteiger partial charge < -0.3 is 4.74 Å². The molecular formula is C27H26Cl3N3O3S. The van der Waals surface area contributed by atoms with Gasteiger partial charge in [-0.05, 0) is 80.7 Å². The average Bonchev–Trinajstić information content (AvgIpc) is 2.86. The lowest BCUT2D eigenvalue weighted by molar-refractivity contribution is 0.137. The Morgan fingerprint density at radius 2 is 1.62 bits per heavy atom. The van der Waals surface area contributed by atoms with Crippen molar-refractivity contribution in [2.75, 3.05) is 24.1 Å². The number of fused-ring (bicyclic) bond motifs is 1. The van der Waals surface area contributed by atoms with E-state index in [4.69, 9.17) is 39.5 Å². The molecule has 0 N–H and O–H groups in total. The number of hydrogen-bond donors (Lipinski definition) is 0. The first kappa shape index (κ1) is 27.5. The Hall–Kier alpha value is -2.55. The highest BCUT2D eigenvalue weighted by atomic mass is 35.5. The number of pyridine rings is 1. The Balaban J connectivity index is 1.89. The predicted octanol–water partition coefficient (Wildman–Crippen LogP) is 7.71. The molecule has 194 valence electrons. The molecule has 0 spiro atoms. The second-order valence-corrected chi connectivity index (χ2v) is 11.3. The number of rotatable bonds is 9. The minimum Gasteiger partial charge on any atom is -0.478 e. The van der Waals surface area contributed by atoms with E-state index in [-0.39, 0.29) is 14.9 Å². The molecule has 1 heterocycles. The van der Waals surface area contributed by atoms with Crippen molar-refractivity contribution in [1.29, 1.82) is 0 Å². The van der Waals surface area contributed by atoms with Gasteiger partial charge in [-0.1, -0.05) is 54.7 Å². The molecule has 3 aromatic carbocycles. The third-order valence-corrected chi connectivity index (χ3v) is 8.86. The Morgan fingerprint density at radius 1 is 0.919 bits per heavy atom. The number of hydrogen-bond acceptors (Lipinski definition) is 5. The highest BCUT2D eigenvalue weighted by molar-refractivity contribution is 7.93. The van der Waals surface area contributed by atoms with Gasteiger partial charge in [0.05, 0.1) is 26.9 Å². The smallest absolute Gasteiger partial charge is 0.270 e. The van der Waals surface area contributed by atoms with Gasteiger partial charge in [0.1, 0.15) is 17.4 Å². The molecule has 0 saturated heterocycles. The Kier molecular flexibility index (Phi) is 8.51. The monoisotopic (exact) mass is 577 g/mol. The molecule has 4 rings (SSSR count). The topological polar surface area (TPSA) is 62.7 Å². The van der Waals surface area contributed by atoms with Crippen molar-refractivity contribution in [2.45, 2.75) is 25.7 Å². The van der Waals surface area contributed by atoms with Crippen LogP contribution in [0.2, 0.25) is 15.1 Å². The van der Waals surface area contributed by atoms with Gasteiger partial charge >= 0.3 is 0 Å². The lowest BCUT2D eigenvalue weighted by Crippen LogP contribution is -2.28. The lowest BCUT2D eigenvalue weighted by atomic mass is 10.1. The highest BCUT2D eigenvalue weighted by Gasteiger charge is 2.31. The van der Waals surface area contributed by atoms with Crippen LogP contribution in [0.5, 0.6) is 5.75 Å². The Labute approximate surface area is 232 Å². The second kappa shape index (κ2) is 11.5. The van der Waals surface area contributed by atoms with Crippen molar-refractivity contribution in [3.05, 3.63) is 87.5 Å². The number of ether oxygens (including phenoxy) is 1. The Morgan fingerprint density at radius 3 is 2.30 bits per heavy atom. The number of nitrogens with zero attached hydrogens (tertiary/aromatic N) is 3. The molecule has 0 unspecified atom stereocenters. The maximum Gasteiger partial charge on any atom is 0.270 e. The zero-order valence-electron chi connectivity index (χ0n) is 20.6. The fraction of sp³-hybridized carbons (Fsp3) is 0.222. The van der Waals surface area contributed by atoms with Crippen LogP contribution in [0.3, 0.4) is 0 Å². The summed E-state index contributed by atoms with van der Waals surface area (Å²) in [7, 11) is -4.22. The zero-order valence-corrected chi connectivity index (χ0v) is 23.7. The van der Waals surface area contributed by atoms with Crippen LogP contribution in [0.25, 0.3) is 10.9 Å². The van der Waals surface area contributed by atoms with E-state index in [1.807, 2.05) is 0 Å². The maximum atomic E-state index is 14.2. The summed E-state index contributed by atoms with van der Waals surface area (Å²) in [4.78, 5) is 6.57. The van der Waals surface area contributed by atoms with E-state index >= 15 is 0 Å². The minimum absolute atomic E-state index is 0.0496. The summed E-state index contributed by atoms with van der Waals surface area (Å²) >= 11 is 18.8. The predicted molar refractivity (Wildman–Crippen MR) is 152 cm³/mol. The van der Waals surface area contributed by atoms with Gasteiger partial charge in [-0.25, -0.2) is 12.7 Å². The number of sulfonamides is 1. The first-order valence-corrected chi connectivity index (χ1v) is 14.2. The molecule has 0 saturated carbocycles. The zero-order chi connectivity index (χ0) is 26.7. The normalized spacial score (nSPS) is 11.8. The summed E-state index contributed by atoms with van der Waals surface area (Å²) in [5, 5.41) is 1.20. The van der Waals surface area contributed by atoms with Crippen LogP contribution in [0.4, 0.5) is 11.4 Å². The van der Waals surface area contributed by atoms with E-state index in [1.165, 1.54) is 10.4 Å². The molecule has 0 radical (unpaired) electrons. The SMILES string of the molecule is CCN(CC)COc1ccc(N(c2cc(C)nc3cc(Cl)ccc23)S(=O)(=O)c2cccc(Cl)c2Cl)cc1. The van der Waals surface area contributed by atoms with Crippen molar-refractivity contribution in [2.24, 2.45) is 0 Å². The minimum atomic E-state index is -4.22. The van der Waals surface area contributed by atoms with Crippen molar-refractivity contribution < 1.29 is 13.2 Å². The van der Waals surface area contributed by atoms with Gasteiger partial charge in [0, 0.05) is 16.1 Å². The standard InChI is InChI=1S/C27H26Cl3N3O3S/c1-4-32(5-2)17-36-21-12-10-20(11-13-21)33(37(34,35)26-8-6-7-23(29)27(26)30)25-15-18(3)31-24-16-19(28)9-14-22(24)25/h6-16H,4-5,17H2,1-3H3. The van der Waals surface area contributed by atoms with E-state index < -0.39 is 10.0 Å². The number of aromatic nitrogens is 1. The quantitative estimate of drug-likeness (QED) is 0.190. The fourth-order valence-corrected chi connectivity index (χ4v) is 6.33. The van der Waals surface area contributed by atoms with E-state index in [0.717, 1.165) is 13.1 Å². The number of benzene rings is 3. The molecule has 0 fully saturated rings. The van der Waals surface area contributed by atoms with Gasteiger partial charge in [0.25, 0.3) is 10.0 Å². The number of aryl methyl sites for hydroxylation is 1. The molecule has 0 aliphatic carbocycles. The molecule has 0 aliphatic heterocycles. The average molecular weight is 579 g/mol. The Bertz CT molecular complexity index is 1520. The van der Waals surface area contributed by atoms with Crippen molar-refractivity contribution in [3.8, 4) is 5.75 Å². The highest BCUT2D eigenvalue weighted by Crippen LogP contribution is 2.41. The first-order chi connectivity index (χ1) is 17.6. The van der Waals surface area contributed by atoms with Crippen molar-refractivity contribution >= 4 is 67.1 Å². The van der Waals surface area contributed by atoms with E-state index in [2.05, 4.69) is 23.7 Å². The molecule has 1 aromatic heterocycles. The summed E-state index contributed by atoms with van der Waals surface area (Å²) in [5.41, 5.74) is 2.00. The summed E-state index contributed by atoms with van der Waals surface area (Å²) in [5.74, 6) is 0.622. The fourth-order valence-electron chi connectivity index (χ4n) is 3.92. The summed E-state index contributed by atoms with van der Waals surface area (Å²) in [6, 6.07) is 18.3. The van der Waals surface area contributed by atoms with Gasteiger partial charge in [-0.3, -0.25) is 9.88 Å². The van der Waals surface area contributed by atoms with Crippen LogP contribution in [-0.4, -0.2) is 38.1 Å². The van der Waals surface area contributed by atoms with E-state index in [9.17, 15) is 8.42 Å². The lowest BCUT2D eigenvalue weighted by Gasteiger charge is -2.27. The molecule has 0 amide bonds. The van der Waals surface area contributed by atoms with Gasteiger partial charge in [0.2, 0.25) is 0 Å². The van der Waals surface area contributed by atoms with Gasteiger partial charge in [0.15, 0.2) is 0 Å². The van der Waals surface area contributed by atoms with Crippen LogP contribution < -0.4 is 9.04 Å². The summed E-state index contributed by atoms with van der Waals surface area (Å²) in [6.07, 6.45) is 0. The van der Waals surface area contributed by atoms with Crippen LogP contribution in [0.1, 0.15) is 19.5 Å². The van der Waals surface area contributed by atoms with E-state index in [0.29, 0.717) is 45.5 Å². The van der Waals surface area contributed by atoms with Gasteiger partial charge in [-0.15, -0.1) is 0 Å². The number of halogens is 3. The molecule has 0 atom stereocenters. The van der Waals surface area contributed by atoms with E-state index in [1.54, 1.807) is 67.6 Å². The molecule has 6 nitrogen and oxygen atoms in total. The van der Waals surface area contributed by atoms with Crippen LogP contribution >= 0.6 is 34.8 Å². The molecule has 10 heteroatoms. The van der Waals surface area contributed by atoms with Gasteiger partial charge in [-0.2, -0.15) is 0 Å². The number of anilines is 2. The van der Waals surface area contributed by atoms with Crippen LogP contribution in [0, 0.1) is 6.92 Å². The molecule has 0 aliphatic rings. The first-order valence-electron chi connectivity index (χ1n) is 11.7. The molecule has 4 aromatic rings. The van der Waals surface area contributed by atoms with Crippen LogP contribution in [0.15, 0.2) is 71.6 Å².